The molecular weight excluding hydrogens is 444 g/mol. The van der Waals surface area contributed by atoms with Crippen LogP contribution in [0, 0.1) is 0 Å². The van der Waals surface area contributed by atoms with Crippen LogP contribution in [0.15, 0.2) is 59.0 Å². The van der Waals surface area contributed by atoms with Crippen LogP contribution in [0.5, 0.6) is 5.75 Å². The zero-order chi connectivity index (χ0) is 24.8. The van der Waals surface area contributed by atoms with Gasteiger partial charge in [-0.05, 0) is 62.0 Å². The molecule has 1 heterocycles. The fourth-order valence-corrected chi connectivity index (χ4v) is 4.64. The summed E-state index contributed by atoms with van der Waals surface area (Å²) in [4.78, 5) is 0. The zero-order valence-electron chi connectivity index (χ0n) is 21.2. The van der Waals surface area contributed by atoms with Gasteiger partial charge in [0.1, 0.15) is 17.1 Å². The van der Waals surface area contributed by atoms with E-state index in [1.54, 1.807) is 0 Å². The van der Waals surface area contributed by atoms with Gasteiger partial charge in [0, 0.05) is 23.6 Å². The average molecular weight is 485 g/mol. The third-order valence-electron chi connectivity index (χ3n) is 6.82. The summed E-state index contributed by atoms with van der Waals surface area (Å²) in [7, 11) is -1.76. The Morgan fingerprint density at radius 3 is 2.18 bits per heavy atom. The first-order chi connectivity index (χ1) is 16.1. The van der Waals surface area contributed by atoms with Crippen molar-refractivity contribution in [1.29, 1.82) is 0 Å². The van der Waals surface area contributed by atoms with Gasteiger partial charge >= 0.3 is 0 Å². The van der Waals surface area contributed by atoms with Gasteiger partial charge in [-0.15, -0.1) is 0 Å². The molecule has 0 spiro atoms. The van der Waals surface area contributed by atoms with E-state index in [-0.39, 0.29) is 5.04 Å². The van der Waals surface area contributed by atoms with Crippen molar-refractivity contribution in [3.8, 4) is 17.1 Å². The molecular formula is C28H40O5Si. The Balaban J connectivity index is 1.38. The maximum absolute atomic E-state index is 10.3. The van der Waals surface area contributed by atoms with E-state index >= 15 is 0 Å². The smallest absolute Gasteiger partial charge is 0.191 e. The summed E-state index contributed by atoms with van der Waals surface area (Å²) >= 11 is 0. The quantitative estimate of drug-likeness (QED) is 0.219. The number of rotatable bonds is 12. The second-order valence-electron chi connectivity index (χ2n) is 10.6. The molecule has 0 radical (unpaired) electrons. The van der Waals surface area contributed by atoms with Crippen molar-refractivity contribution in [2.75, 3.05) is 13.2 Å². The van der Waals surface area contributed by atoms with Gasteiger partial charge in [0.15, 0.2) is 8.32 Å². The Bertz CT molecular complexity index is 1020. The van der Waals surface area contributed by atoms with Gasteiger partial charge in [0.2, 0.25) is 0 Å². The fraction of sp³-hybridized carbons (Fsp3) is 0.500. The minimum atomic E-state index is -1.76. The maximum atomic E-state index is 10.3. The Morgan fingerprint density at radius 1 is 0.882 bits per heavy atom. The predicted molar refractivity (Wildman–Crippen MR) is 141 cm³/mol. The van der Waals surface area contributed by atoms with E-state index in [0.717, 1.165) is 34.5 Å². The summed E-state index contributed by atoms with van der Waals surface area (Å²) in [6, 6.07) is 17.9. The molecule has 3 aromatic rings. The van der Waals surface area contributed by atoms with E-state index in [9.17, 15) is 10.2 Å². The molecule has 0 bridgehead atoms. The van der Waals surface area contributed by atoms with Gasteiger partial charge in [-0.2, -0.15) is 0 Å². The third kappa shape index (κ3) is 7.19. The van der Waals surface area contributed by atoms with E-state index in [0.29, 0.717) is 32.5 Å². The minimum Gasteiger partial charge on any atom is -0.493 e. The van der Waals surface area contributed by atoms with Crippen LogP contribution in [-0.2, 0) is 4.43 Å². The molecule has 2 unspecified atom stereocenters. The Labute approximate surface area is 204 Å². The lowest BCUT2D eigenvalue weighted by atomic mass is 10.0. The lowest BCUT2D eigenvalue weighted by Crippen LogP contribution is -2.41. The van der Waals surface area contributed by atoms with Crippen LogP contribution in [0.3, 0.4) is 0 Å². The molecule has 2 aromatic carbocycles. The second-order valence-corrected chi connectivity index (χ2v) is 15.4. The number of ether oxygens (including phenoxy) is 1. The highest BCUT2D eigenvalue weighted by molar-refractivity contribution is 6.74. The van der Waals surface area contributed by atoms with E-state index in [1.165, 1.54) is 0 Å². The topological polar surface area (TPSA) is 72.1 Å². The molecule has 0 amide bonds. The molecule has 186 valence electrons. The third-order valence-corrected chi connectivity index (χ3v) is 11.4. The van der Waals surface area contributed by atoms with Crippen LogP contribution in [0.25, 0.3) is 22.3 Å². The van der Waals surface area contributed by atoms with Crippen LogP contribution in [0.4, 0.5) is 0 Å². The number of aliphatic hydroxyl groups excluding tert-OH is 2. The van der Waals surface area contributed by atoms with Gasteiger partial charge in [-0.25, -0.2) is 0 Å². The highest BCUT2D eigenvalue weighted by Crippen LogP contribution is 2.36. The largest absolute Gasteiger partial charge is 0.493 e. The summed E-state index contributed by atoms with van der Waals surface area (Å²) in [5.74, 6) is 1.57. The van der Waals surface area contributed by atoms with Crippen molar-refractivity contribution < 1.29 is 23.8 Å². The number of aliphatic hydroxyl groups is 2. The summed E-state index contributed by atoms with van der Waals surface area (Å²) in [6.45, 7) is 12.2. The van der Waals surface area contributed by atoms with E-state index in [4.69, 9.17) is 13.6 Å². The molecule has 0 aliphatic rings. The van der Waals surface area contributed by atoms with Crippen molar-refractivity contribution in [2.45, 2.75) is 76.8 Å². The monoisotopic (exact) mass is 484 g/mol. The molecule has 0 fully saturated rings. The first-order valence-electron chi connectivity index (χ1n) is 12.3. The summed E-state index contributed by atoms with van der Waals surface area (Å²) in [6.07, 6.45) is 0.942. The number of fused-ring (bicyclic) bond motifs is 1. The first kappa shape index (κ1) is 26.5. The molecule has 0 aliphatic heterocycles. The van der Waals surface area contributed by atoms with E-state index < -0.39 is 20.5 Å². The maximum Gasteiger partial charge on any atom is 0.191 e. The minimum absolute atomic E-state index is 0.177. The number of furan rings is 1. The lowest BCUT2D eigenvalue weighted by molar-refractivity contribution is 0.00410. The lowest BCUT2D eigenvalue weighted by Gasteiger charge is -2.36. The van der Waals surface area contributed by atoms with Gasteiger partial charge in [0.05, 0.1) is 18.8 Å². The average Bonchev–Trinajstić information content (AvgIpc) is 3.22. The predicted octanol–water partition coefficient (Wildman–Crippen LogP) is 6.78. The van der Waals surface area contributed by atoms with Crippen LogP contribution in [0.2, 0.25) is 18.1 Å². The Hall–Kier alpha value is -2.12. The molecule has 5 nitrogen and oxygen atoms in total. The number of hydrogen-bond acceptors (Lipinski definition) is 5. The standard InChI is InChI=1S/C28H40O5Si/c1-28(2,3)34(4,5)32-18-10-14-25(30)24(29)13-9-17-31-23-16-15-22-19-26(33-27(22)20-23)21-11-7-6-8-12-21/h6-8,11-12,15-16,19-20,24-25,29-30H,9-10,13-14,17-18H2,1-5H3. The molecule has 6 heteroatoms. The van der Waals surface area contributed by atoms with Crippen molar-refractivity contribution in [3.05, 3.63) is 54.6 Å². The number of hydrogen-bond donors (Lipinski definition) is 2. The van der Waals surface area contributed by atoms with Crippen LogP contribution < -0.4 is 4.74 Å². The van der Waals surface area contributed by atoms with Gasteiger partial charge in [0.25, 0.3) is 0 Å². The molecule has 2 N–H and O–H groups in total. The molecule has 0 saturated heterocycles. The zero-order valence-corrected chi connectivity index (χ0v) is 22.2. The molecule has 3 rings (SSSR count). The highest BCUT2D eigenvalue weighted by Gasteiger charge is 2.36. The second kappa shape index (κ2) is 11.5. The summed E-state index contributed by atoms with van der Waals surface area (Å²) < 4.78 is 18.0. The van der Waals surface area contributed by atoms with Crippen LogP contribution in [-0.4, -0.2) is 44.0 Å². The van der Waals surface area contributed by atoms with Gasteiger partial charge < -0.3 is 23.8 Å². The van der Waals surface area contributed by atoms with Gasteiger partial charge in [-0.3, -0.25) is 0 Å². The molecule has 1 aromatic heterocycles. The SMILES string of the molecule is CC(C)(C)[Si](C)(C)OCCCC(O)C(O)CCCOc1ccc2cc(-c3ccccc3)oc2c1. The summed E-state index contributed by atoms with van der Waals surface area (Å²) in [5, 5.41) is 21.8. The van der Waals surface area contributed by atoms with E-state index in [1.807, 2.05) is 54.6 Å². The van der Waals surface area contributed by atoms with Crippen LogP contribution >= 0.6 is 0 Å². The molecule has 2 atom stereocenters. The van der Waals surface area contributed by atoms with Gasteiger partial charge in [-0.1, -0.05) is 51.1 Å². The fourth-order valence-electron chi connectivity index (χ4n) is 3.55. The molecule has 0 saturated carbocycles. The van der Waals surface area contributed by atoms with Crippen LogP contribution in [0.1, 0.15) is 46.5 Å². The highest BCUT2D eigenvalue weighted by atomic mass is 28.4. The normalized spacial score (nSPS) is 14.3. The Morgan fingerprint density at radius 2 is 1.53 bits per heavy atom. The van der Waals surface area contributed by atoms with Crippen molar-refractivity contribution in [1.82, 2.24) is 0 Å². The van der Waals surface area contributed by atoms with Crippen molar-refractivity contribution in [2.24, 2.45) is 0 Å². The van der Waals surface area contributed by atoms with E-state index in [2.05, 4.69) is 33.9 Å². The Kier molecular flexibility index (Phi) is 8.99. The van der Waals surface area contributed by atoms with Crippen molar-refractivity contribution >= 4 is 19.3 Å². The molecule has 0 aliphatic carbocycles. The number of benzene rings is 2. The molecule has 34 heavy (non-hydrogen) atoms. The summed E-state index contributed by atoms with van der Waals surface area (Å²) in [5.41, 5.74) is 1.83. The van der Waals surface area contributed by atoms with Crippen molar-refractivity contribution in [3.63, 3.8) is 0 Å². The first-order valence-corrected chi connectivity index (χ1v) is 15.2.